The number of ether oxygens (including phenoxy) is 1. The van der Waals surface area contributed by atoms with Crippen molar-refractivity contribution >= 4 is 18.0 Å². The topological polar surface area (TPSA) is 127 Å². The Hall–Kier alpha value is -4.21. The molecular formula is C25H23N5O5. The number of aromatic carboxylic acids is 1. The number of benzene rings is 2. The lowest BCUT2D eigenvalue weighted by Gasteiger charge is -2.40. The molecule has 2 N–H and O–H groups in total. The summed E-state index contributed by atoms with van der Waals surface area (Å²) in [6.45, 7) is 0.957. The second-order valence-electron chi connectivity index (χ2n) is 9.29. The van der Waals surface area contributed by atoms with Crippen molar-refractivity contribution in [3.8, 4) is 11.1 Å². The first kappa shape index (κ1) is 21.3. The van der Waals surface area contributed by atoms with Gasteiger partial charge in [-0.25, -0.2) is 14.3 Å². The summed E-state index contributed by atoms with van der Waals surface area (Å²) < 4.78 is 7.08. The maximum atomic E-state index is 13.0. The molecule has 178 valence electrons. The van der Waals surface area contributed by atoms with E-state index in [2.05, 4.69) is 39.9 Å². The molecule has 1 aliphatic heterocycles. The van der Waals surface area contributed by atoms with E-state index in [0.29, 0.717) is 25.9 Å². The average Bonchev–Trinajstić information content (AvgIpc) is 3.31. The Morgan fingerprint density at radius 1 is 1.03 bits per heavy atom. The Morgan fingerprint density at radius 3 is 2.23 bits per heavy atom. The van der Waals surface area contributed by atoms with Crippen molar-refractivity contribution in [3.05, 3.63) is 71.5 Å². The maximum absolute atomic E-state index is 13.0. The Balaban J connectivity index is 1.06. The van der Waals surface area contributed by atoms with E-state index in [-0.39, 0.29) is 30.2 Å². The zero-order valence-corrected chi connectivity index (χ0v) is 18.8. The average molecular weight is 473 g/mol. The van der Waals surface area contributed by atoms with Crippen LogP contribution in [0, 0.1) is 0 Å². The molecule has 6 rings (SSSR count). The number of likely N-dealkylation sites (tertiary alicyclic amines) is 1. The van der Waals surface area contributed by atoms with Crippen molar-refractivity contribution in [2.45, 2.75) is 30.3 Å². The van der Waals surface area contributed by atoms with Gasteiger partial charge >= 0.3 is 12.1 Å². The van der Waals surface area contributed by atoms with Crippen LogP contribution in [0.15, 0.2) is 54.7 Å². The van der Waals surface area contributed by atoms with Crippen LogP contribution < -0.4 is 5.32 Å². The van der Waals surface area contributed by atoms with Crippen molar-refractivity contribution < 1.29 is 24.2 Å². The van der Waals surface area contributed by atoms with Crippen LogP contribution >= 0.6 is 0 Å². The Bertz CT molecular complexity index is 1300. The number of hydrogen-bond donors (Lipinski definition) is 2. The quantitative estimate of drug-likeness (QED) is 0.563. The highest BCUT2D eigenvalue weighted by molar-refractivity contribution is 5.93. The van der Waals surface area contributed by atoms with Gasteiger partial charge < -0.3 is 20.1 Å². The lowest BCUT2D eigenvalue weighted by molar-refractivity contribution is -0.140. The van der Waals surface area contributed by atoms with Crippen LogP contribution in [-0.2, 0) is 9.53 Å². The summed E-state index contributed by atoms with van der Waals surface area (Å²) in [7, 11) is 0. The third kappa shape index (κ3) is 3.61. The minimum atomic E-state index is -1.15. The molecule has 2 aliphatic carbocycles. The smallest absolute Gasteiger partial charge is 0.408 e. The van der Waals surface area contributed by atoms with Crippen LogP contribution in [0.1, 0.15) is 46.4 Å². The molecule has 0 unspecified atom stereocenters. The number of carboxylic acids is 1. The molecule has 3 aromatic rings. The van der Waals surface area contributed by atoms with E-state index in [4.69, 9.17) is 9.84 Å². The van der Waals surface area contributed by atoms with Crippen LogP contribution in [0.5, 0.6) is 0 Å². The number of carbonyl (C=O) groups is 3. The van der Waals surface area contributed by atoms with Crippen LogP contribution in [0.25, 0.3) is 11.1 Å². The summed E-state index contributed by atoms with van der Waals surface area (Å²) in [5.41, 5.74) is 3.50. The second-order valence-corrected chi connectivity index (χ2v) is 9.29. The number of amides is 2. The number of rotatable bonds is 6. The number of fused-ring (bicyclic) bond motifs is 3. The zero-order chi connectivity index (χ0) is 24.2. The van der Waals surface area contributed by atoms with E-state index in [9.17, 15) is 14.4 Å². The van der Waals surface area contributed by atoms with Crippen molar-refractivity contribution in [1.82, 2.24) is 25.2 Å². The molecule has 0 bridgehead atoms. The van der Waals surface area contributed by atoms with Gasteiger partial charge in [-0.2, -0.15) is 0 Å². The molecule has 10 nitrogen and oxygen atoms in total. The van der Waals surface area contributed by atoms with E-state index in [1.165, 1.54) is 10.9 Å². The maximum Gasteiger partial charge on any atom is 0.408 e. The van der Waals surface area contributed by atoms with Crippen molar-refractivity contribution in [1.29, 1.82) is 0 Å². The van der Waals surface area contributed by atoms with Crippen LogP contribution in [0.3, 0.4) is 0 Å². The third-order valence-corrected chi connectivity index (χ3v) is 7.10. The molecule has 0 atom stereocenters. The number of aromatic nitrogens is 3. The van der Waals surface area contributed by atoms with Gasteiger partial charge in [0.2, 0.25) is 5.91 Å². The predicted octanol–water partition coefficient (Wildman–Crippen LogP) is 2.43. The molecule has 1 saturated heterocycles. The molecule has 0 radical (unpaired) electrons. The van der Waals surface area contributed by atoms with Crippen LogP contribution in [-0.4, -0.2) is 68.2 Å². The highest BCUT2D eigenvalue weighted by Crippen LogP contribution is 2.45. The fourth-order valence-corrected chi connectivity index (χ4v) is 4.99. The zero-order valence-electron chi connectivity index (χ0n) is 18.8. The molecule has 2 heterocycles. The molecular weight excluding hydrogens is 450 g/mol. The van der Waals surface area contributed by atoms with Gasteiger partial charge in [0.15, 0.2) is 5.69 Å². The van der Waals surface area contributed by atoms with Gasteiger partial charge in [-0.15, -0.1) is 5.10 Å². The van der Waals surface area contributed by atoms with E-state index in [1.807, 2.05) is 24.3 Å². The minimum absolute atomic E-state index is 0.0477. The van der Waals surface area contributed by atoms with Crippen LogP contribution in [0.4, 0.5) is 4.79 Å². The monoisotopic (exact) mass is 473 g/mol. The summed E-state index contributed by atoms with van der Waals surface area (Å²) in [4.78, 5) is 38.3. The summed E-state index contributed by atoms with van der Waals surface area (Å²) in [5.74, 6) is -1.35. The van der Waals surface area contributed by atoms with Gasteiger partial charge in [0.25, 0.3) is 0 Å². The summed E-state index contributed by atoms with van der Waals surface area (Å²) in [6, 6.07) is 16.1. The molecule has 3 aliphatic rings. The molecule has 2 fully saturated rings. The number of alkyl carbamates (subject to hydrolysis) is 1. The molecule has 1 saturated carbocycles. The number of nitrogens with one attached hydrogen (secondary N) is 1. The molecule has 1 aromatic heterocycles. The summed E-state index contributed by atoms with van der Waals surface area (Å²) in [5, 5.41) is 19.2. The van der Waals surface area contributed by atoms with E-state index < -0.39 is 17.6 Å². The molecule has 0 spiro atoms. The Kier molecular flexibility index (Phi) is 4.84. The first-order valence-corrected chi connectivity index (χ1v) is 11.5. The number of hydrogen-bond acceptors (Lipinski definition) is 6. The first-order valence-electron chi connectivity index (χ1n) is 11.5. The fraction of sp³-hybridized carbons (Fsp3) is 0.320. The van der Waals surface area contributed by atoms with Gasteiger partial charge in [0.05, 0.1) is 12.2 Å². The Labute approximate surface area is 200 Å². The largest absolute Gasteiger partial charge is 0.476 e. The highest BCUT2D eigenvalue weighted by Gasteiger charge is 2.55. The summed E-state index contributed by atoms with van der Waals surface area (Å²) >= 11 is 0. The van der Waals surface area contributed by atoms with Gasteiger partial charge in [-0.05, 0) is 35.1 Å². The number of nitrogens with zero attached hydrogens (tertiary/aromatic N) is 4. The van der Waals surface area contributed by atoms with Gasteiger partial charge in [0, 0.05) is 19.0 Å². The minimum Gasteiger partial charge on any atom is -0.476 e. The highest BCUT2D eigenvalue weighted by atomic mass is 16.5. The molecule has 2 amide bonds. The SMILES string of the molecule is O=C(NC1(C(=O)N2CC(n3cc(C(=O)O)nn3)C2)CC1)OCC1c2ccccc2-c2ccccc21. The third-order valence-electron chi connectivity index (χ3n) is 7.10. The lowest BCUT2D eigenvalue weighted by atomic mass is 9.98. The van der Waals surface area contributed by atoms with Crippen molar-refractivity contribution in [3.63, 3.8) is 0 Å². The van der Waals surface area contributed by atoms with E-state index >= 15 is 0 Å². The van der Waals surface area contributed by atoms with Gasteiger partial charge in [-0.3, -0.25) is 4.79 Å². The molecule has 10 heteroatoms. The lowest BCUT2D eigenvalue weighted by Crippen LogP contribution is -2.58. The van der Waals surface area contributed by atoms with Gasteiger partial charge in [-0.1, -0.05) is 53.7 Å². The Morgan fingerprint density at radius 2 is 1.66 bits per heavy atom. The van der Waals surface area contributed by atoms with Crippen LogP contribution in [0.2, 0.25) is 0 Å². The second kappa shape index (κ2) is 7.93. The van der Waals surface area contributed by atoms with E-state index in [1.54, 1.807) is 4.90 Å². The summed E-state index contributed by atoms with van der Waals surface area (Å²) in [6.07, 6.45) is 1.88. The number of carbonyl (C=O) groups excluding carboxylic acids is 2. The standard InChI is InChI=1S/C25H23N5O5/c31-22(32)21-13-30(28-27-21)15-11-29(12-15)23(33)25(9-10-25)26-24(34)35-14-20-18-7-3-1-5-16(18)17-6-2-4-8-19(17)20/h1-8,13,15,20H,9-12,14H2,(H,26,34)(H,31,32). The van der Waals surface area contributed by atoms with Gasteiger partial charge in [0.1, 0.15) is 12.1 Å². The fourth-order valence-electron chi connectivity index (χ4n) is 4.99. The number of carboxylic acid groups (broad SMARTS) is 1. The first-order chi connectivity index (χ1) is 16.9. The normalized spacial score (nSPS) is 17.8. The van der Waals surface area contributed by atoms with Crippen molar-refractivity contribution in [2.75, 3.05) is 19.7 Å². The molecule has 2 aromatic carbocycles. The van der Waals surface area contributed by atoms with E-state index in [0.717, 1.165) is 22.3 Å². The molecule has 35 heavy (non-hydrogen) atoms. The predicted molar refractivity (Wildman–Crippen MR) is 123 cm³/mol. The van der Waals surface area contributed by atoms with Crippen molar-refractivity contribution in [2.24, 2.45) is 0 Å².